The monoisotopic (exact) mass is 504 g/mol. The molecule has 2 heterocycles. The van der Waals surface area contributed by atoms with Crippen molar-refractivity contribution in [2.45, 2.75) is 25.4 Å². The van der Waals surface area contributed by atoms with Gasteiger partial charge >= 0.3 is 0 Å². The highest BCUT2D eigenvalue weighted by Crippen LogP contribution is 2.12. The zero-order valence-electron chi connectivity index (χ0n) is 19.9. The van der Waals surface area contributed by atoms with E-state index < -0.39 is 0 Å². The van der Waals surface area contributed by atoms with E-state index >= 15 is 0 Å². The van der Waals surface area contributed by atoms with Crippen LogP contribution >= 0.6 is 23.5 Å². The summed E-state index contributed by atoms with van der Waals surface area (Å²) in [4.78, 5) is 22.3. The average molecular weight is 505 g/mol. The zero-order valence-corrected chi connectivity index (χ0v) is 21.5. The van der Waals surface area contributed by atoms with Gasteiger partial charge in [-0.05, 0) is 13.8 Å². The molecule has 0 spiro atoms. The average Bonchev–Trinajstić information content (AvgIpc) is 3.44. The van der Waals surface area contributed by atoms with Crippen molar-refractivity contribution in [3.63, 3.8) is 0 Å². The van der Waals surface area contributed by atoms with Gasteiger partial charge in [0, 0.05) is 55.0 Å². The molecule has 34 heavy (non-hydrogen) atoms. The number of nitrogens with zero attached hydrogens (tertiary/aromatic N) is 6. The summed E-state index contributed by atoms with van der Waals surface area (Å²) in [6, 6.07) is 0. The predicted octanol–water partition coefficient (Wildman–Crippen LogP) is 1.19. The van der Waals surface area contributed by atoms with E-state index in [2.05, 4.69) is 51.2 Å². The van der Waals surface area contributed by atoms with Crippen LogP contribution in [0.1, 0.15) is 22.8 Å². The number of rotatable bonds is 10. The SMILES string of the molecule is CN/C(=N/C#N)NCCSCc1nc[nH]c1C.CN/C(=N/CCSCc1nc[nH]c1C)NC#N. The van der Waals surface area contributed by atoms with E-state index in [1.54, 1.807) is 56.5 Å². The Balaban J connectivity index is 0.000000340. The maximum absolute atomic E-state index is 8.43. The quantitative estimate of drug-likeness (QED) is 0.0905. The van der Waals surface area contributed by atoms with E-state index in [-0.39, 0.29) is 0 Å². The molecule has 2 aromatic rings. The lowest BCUT2D eigenvalue weighted by molar-refractivity contribution is 0.917. The second-order valence-corrected chi connectivity index (χ2v) is 8.72. The largest absolute Gasteiger partial charge is 0.359 e. The minimum atomic E-state index is 0.504. The highest BCUT2D eigenvalue weighted by molar-refractivity contribution is 7.98. The van der Waals surface area contributed by atoms with Crippen molar-refractivity contribution >= 4 is 35.4 Å². The van der Waals surface area contributed by atoms with Crippen molar-refractivity contribution in [3.05, 3.63) is 35.4 Å². The topological polar surface area (TPSA) is 178 Å². The van der Waals surface area contributed by atoms with Crippen LogP contribution in [0.15, 0.2) is 22.6 Å². The molecule has 0 aliphatic carbocycles. The minimum Gasteiger partial charge on any atom is -0.359 e. The summed E-state index contributed by atoms with van der Waals surface area (Å²) in [5.74, 6) is 4.60. The third kappa shape index (κ3) is 12.0. The maximum atomic E-state index is 8.43. The molecule has 0 atom stereocenters. The summed E-state index contributed by atoms with van der Waals surface area (Å²) in [5, 5.41) is 27.9. The number of aromatic amines is 2. The summed E-state index contributed by atoms with van der Waals surface area (Å²) in [7, 11) is 3.45. The molecule has 14 heteroatoms. The lowest BCUT2D eigenvalue weighted by Gasteiger charge is -2.06. The predicted molar refractivity (Wildman–Crippen MR) is 139 cm³/mol. The molecule has 0 saturated heterocycles. The lowest BCUT2D eigenvalue weighted by Crippen LogP contribution is -2.35. The van der Waals surface area contributed by atoms with Crippen molar-refractivity contribution in [1.82, 2.24) is 41.2 Å². The minimum absolute atomic E-state index is 0.504. The van der Waals surface area contributed by atoms with Gasteiger partial charge in [-0.25, -0.2) is 9.97 Å². The van der Waals surface area contributed by atoms with Crippen LogP contribution in [0.3, 0.4) is 0 Å². The van der Waals surface area contributed by atoms with Gasteiger partial charge in [0.1, 0.15) is 0 Å². The van der Waals surface area contributed by atoms with E-state index in [0.29, 0.717) is 18.5 Å². The Hall–Kier alpha value is -3.36. The molecule has 0 aliphatic heterocycles. The number of aromatic nitrogens is 4. The number of aryl methyl sites for hydroxylation is 2. The Kier molecular flexibility index (Phi) is 15.3. The van der Waals surface area contributed by atoms with Gasteiger partial charge in [-0.2, -0.15) is 34.0 Å². The molecule has 0 fully saturated rings. The van der Waals surface area contributed by atoms with Gasteiger partial charge in [0.2, 0.25) is 18.1 Å². The number of guanidine groups is 2. The zero-order chi connectivity index (χ0) is 25.0. The lowest BCUT2D eigenvalue weighted by atomic mass is 10.4. The maximum Gasteiger partial charge on any atom is 0.209 e. The first-order valence-corrected chi connectivity index (χ1v) is 12.7. The summed E-state index contributed by atoms with van der Waals surface area (Å²) in [6.45, 7) is 5.45. The Morgan fingerprint density at radius 2 is 1.56 bits per heavy atom. The summed E-state index contributed by atoms with van der Waals surface area (Å²) in [5.41, 5.74) is 4.41. The van der Waals surface area contributed by atoms with Gasteiger partial charge < -0.3 is 25.9 Å². The third-order valence-electron chi connectivity index (χ3n) is 4.20. The number of hydrogen-bond donors (Lipinski definition) is 6. The van der Waals surface area contributed by atoms with Gasteiger partial charge in [0.05, 0.1) is 30.6 Å². The highest BCUT2D eigenvalue weighted by Gasteiger charge is 2.01. The molecule has 0 bridgehead atoms. The molecule has 184 valence electrons. The van der Waals surface area contributed by atoms with Crippen LogP contribution in [-0.2, 0) is 11.5 Å². The summed E-state index contributed by atoms with van der Waals surface area (Å²) in [6.07, 6.45) is 6.97. The first kappa shape index (κ1) is 28.7. The van der Waals surface area contributed by atoms with Crippen LogP contribution in [-0.4, -0.2) is 70.5 Å². The number of nitriles is 2. The molecule has 2 rings (SSSR count). The second-order valence-electron chi connectivity index (χ2n) is 6.51. The molecule has 0 unspecified atom stereocenters. The second kappa shape index (κ2) is 18.1. The molecule has 0 saturated carbocycles. The number of nitrogens with one attached hydrogen (secondary N) is 6. The fourth-order valence-corrected chi connectivity index (χ4v) is 4.06. The van der Waals surface area contributed by atoms with Crippen molar-refractivity contribution < 1.29 is 0 Å². The van der Waals surface area contributed by atoms with Crippen LogP contribution in [0.4, 0.5) is 0 Å². The van der Waals surface area contributed by atoms with Crippen molar-refractivity contribution in [2.24, 2.45) is 9.98 Å². The molecule has 0 radical (unpaired) electrons. The number of hydrogen-bond acceptors (Lipinski definition) is 8. The summed E-state index contributed by atoms with van der Waals surface area (Å²) < 4.78 is 0. The van der Waals surface area contributed by atoms with Crippen LogP contribution in [0.2, 0.25) is 0 Å². The molecular weight excluding hydrogens is 472 g/mol. The standard InChI is InChI=1S/2C10H16N6S/c2*1-8-9(16-7-15-8)5-17-4-3-13-10(12-2)14-6-11/h2*7H,3-5H2,1-2H3,(H,15,16)(H2,12,13,14). The van der Waals surface area contributed by atoms with Gasteiger partial charge in [-0.3, -0.25) is 10.3 Å². The van der Waals surface area contributed by atoms with Gasteiger partial charge in [0.25, 0.3) is 0 Å². The van der Waals surface area contributed by atoms with Crippen molar-refractivity contribution in [3.8, 4) is 12.4 Å². The number of thioether (sulfide) groups is 2. The van der Waals surface area contributed by atoms with E-state index in [9.17, 15) is 0 Å². The van der Waals surface area contributed by atoms with E-state index in [1.165, 1.54) is 0 Å². The Labute approximate surface area is 208 Å². The fourth-order valence-electron chi connectivity index (χ4n) is 2.33. The summed E-state index contributed by atoms with van der Waals surface area (Å²) >= 11 is 3.55. The molecule has 0 amide bonds. The van der Waals surface area contributed by atoms with Gasteiger partial charge in [-0.1, -0.05) is 0 Å². The smallest absolute Gasteiger partial charge is 0.209 e. The highest BCUT2D eigenvalue weighted by atomic mass is 32.2. The Morgan fingerprint density at radius 1 is 0.971 bits per heavy atom. The van der Waals surface area contributed by atoms with E-state index in [1.807, 2.05) is 20.0 Å². The van der Waals surface area contributed by atoms with Crippen molar-refractivity contribution in [1.29, 1.82) is 10.5 Å². The van der Waals surface area contributed by atoms with Gasteiger partial charge in [-0.15, -0.1) is 4.99 Å². The number of imidazole rings is 2. The molecular formula is C20H32N12S2. The number of H-pyrrole nitrogens is 2. The fraction of sp³-hybridized carbons (Fsp3) is 0.500. The number of aliphatic imine (C=N–C) groups is 2. The van der Waals surface area contributed by atoms with Crippen molar-refractivity contribution in [2.75, 3.05) is 38.7 Å². The molecule has 0 aromatic carbocycles. The van der Waals surface area contributed by atoms with Crippen LogP contribution in [0.25, 0.3) is 0 Å². The Bertz CT molecular complexity index is 967. The van der Waals surface area contributed by atoms with E-state index in [4.69, 9.17) is 10.5 Å². The normalized spacial score (nSPS) is 11.0. The van der Waals surface area contributed by atoms with E-state index in [0.717, 1.165) is 52.3 Å². The van der Waals surface area contributed by atoms with Crippen LogP contribution in [0, 0.1) is 36.8 Å². The van der Waals surface area contributed by atoms with Gasteiger partial charge in [0.15, 0.2) is 6.19 Å². The molecule has 2 aromatic heterocycles. The Morgan fingerprint density at radius 3 is 2.03 bits per heavy atom. The third-order valence-corrected chi connectivity index (χ3v) is 6.12. The molecule has 12 nitrogen and oxygen atoms in total. The van der Waals surface area contributed by atoms with Crippen LogP contribution < -0.4 is 21.3 Å². The molecule has 0 aliphatic rings. The first-order valence-electron chi connectivity index (χ1n) is 10.4. The van der Waals surface area contributed by atoms with Crippen LogP contribution in [0.5, 0.6) is 0 Å². The molecule has 6 N–H and O–H groups in total. The first-order chi connectivity index (χ1) is 16.5.